The Labute approximate surface area is 153 Å². The van der Waals surface area contributed by atoms with Crippen LogP contribution in [0.5, 0.6) is 0 Å². The molecule has 0 atom stereocenters. The first-order valence-corrected chi connectivity index (χ1v) is 8.22. The molecule has 0 N–H and O–H groups in total. The summed E-state index contributed by atoms with van der Waals surface area (Å²) < 4.78 is 0. The summed E-state index contributed by atoms with van der Waals surface area (Å²) in [6.45, 7) is 7.46. The summed E-state index contributed by atoms with van der Waals surface area (Å²) in [5, 5.41) is 9.48. The van der Waals surface area contributed by atoms with Crippen LogP contribution in [0, 0.1) is 17.9 Å². The minimum Gasteiger partial charge on any atom is -0.238 e. The van der Waals surface area contributed by atoms with Crippen molar-refractivity contribution in [2.45, 2.75) is 0 Å². The van der Waals surface area contributed by atoms with Crippen LogP contribution >= 0.6 is 0 Å². The van der Waals surface area contributed by atoms with Gasteiger partial charge in [-0.15, -0.1) is 0 Å². The van der Waals surface area contributed by atoms with Gasteiger partial charge in [0.1, 0.15) is 0 Å². The van der Waals surface area contributed by atoms with E-state index in [2.05, 4.69) is 10.9 Å². The highest BCUT2D eigenvalue weighted by atomic mass is 14.7. The van der Waals surface area contributed by atoms with E-state index in [0.717, 1.165) is 22.3 Å². The number of allylic oxidation sites excluding steroid dienone is 1. The Morgan fingerprint density at radius 2 is 1.23 bits per heavy atom. The molecule has 0 bridgehead atoms. The molecule has 0 aliphatic heterocycles. The monoisotopic (exact) mass is 332 g/mol. The van der Waals surface area contributed by atoms with Crippen molar-refractivity contribution < 1.29 is 0 Å². The molecule has 0 spiro atoms. The summed E-state index contributed by atoms with van der Waals surface area (Å²) >= 11 is 0. The highest BCUT2D eigenvalue weighted by molar-refractivity contribution is 5.91. The highest BCUT2D eigenvalue weighted by Gasteiger charge is 2.05. The molecular weight excluding hydrogens is 316 g/mol. The van der Waals surface area contributed by atoms with Gasteiger partial charge in [-0.3, -0.25) is 0 Å². The molecule has 0 saturated heterocycles. The molecule has 0 heterocycles. The Morgan fingerprint density at radius 3 is 1.73 bits per heavy atom. The van der Waals surface area contributed by atoms with E-state index in [1.54, 1.807) is 0 Å². The fourth-order valence-electron chi connectivity index (χ4n) is 2.60. The second-order valence-corrected chi connectivity index (χ2v) is 5.71. The van der Waals surface area contributed by atoms with E-state index in [9.17, 15) is 5.26 Å². The van der Waals surface area contributed by atoms with Crippen molar-refractivity contribution in [3.05, 3.63) is 119 Å². The number of hydrogen-bond donors (Lipinski definition) is 0. The maximum atomic E-state index is 9.48. The van der Waals surface area contributed by atoms with Crippen molar-refractivity contribution in [3.63, 3.8) is 0 Å². The normalized spacial score (nSPS) is 11.5. The zero-order chi connectivity index (χ0) is 18.2. The standard InChI is InChI=1S/C24H16N2/c1-26-24(17-20-10-6-3-7-11-20)22-14-12-21(13-15-22)23(18-25)16-19-8-4-2-5-9-19/h2-17H. The molecular formula is C24H16N2. The van der Waals surface area contributed by atoms with Gasteiger partial charge in [-0.1, -0.05) is 84.9 Å². The van der Waals surface area contributed by atoms with Crippen LogP contribution in [0.1, 0.15) is 22.3 Å². The Morgan fingerprint density at radius 1 is 0.731 bits per heavy atom. The smallest absolute Gasteiger partial charge is 0.194 e. The van der Waals surface area contributed by atoms with Gasteiger partial charge in [0.2, 0.25) is 0 Å². The van der Waals surface area contributed by atoms with Crippen molar-refractivity contribution >= 4 is 23.4 Å². The summed E-state index contributed by atoms with van der Waals surface area (Å²) in [5.74, 6) is 0. The molecule has 0 aromatic heterocycles. The zero-order valence-corrected chi connectivity index (χ0v) is 14.1. The molecule has 2 heteroatoms. The van der Waals surface area contributed by atoms with E-state index in [1.807, 2.05) is 97.1 Å². The predicted octanol–water partition coefficient (Wildman–Crippen LogP) is 6.17. The van der Waals surface area contributed by atoms with Gasteiger partial charge < -0.3 is 0 Å². The molecule has 0 amide bonds. The van der Waals surface area contributed by atoms with E-state index >= 15 is 0 Å². The maximum Gasteiger partial charge on any atom is 0.194 e. The number of nitriles is 1. The predicted molar refractivity (Wildman–Crippen MR) is 107 cm³/mol. The lowest BCUT2D eigenvalue weighted by Crippen LogP contribution is -1.85. The zero-order valence-electron chi connectivity index (χ0n) is 14.1. The van der Waals surface area contributed by atoms with Crippen LogP contribution in [-0.4, -0.2) is 0 Å². The molecule has 3 aromatic carbocycles. The van der Waals surface area contributed by atoms with Gasteiger partial charge in [0, 0.05) is 0 Å². The number of rotatable bonds is 4. The van der Waals surface area contributed by atoms with Crippen LogP contribution < -0.4 is 0 Å². The molecule has 0 aliphatic rings. The van der Waals surface area contributed by atoms with E-state index in [4.69, 9.17) is 6.57 Å². The van der Waals surface area contributed by atoms with Crippen LogP contribution in [0.15, 0.2) is 84.9 Å². The fourth-order valence-corrected chi connectivity index (χ4v) is 2.60. The molecule has 3 aromatic rings. The second kappa shape index (κ2) is 8.29. The largest absolute Gasteiger partial charge is 0.238 e. The third-order valence-electron chi connectivity index (χ3n) is 3.95. The Bertz CT molecular complexity index is 927. The molecule has 0 radical (unpaired) electrons. The first-order valence-electron chi connectivity index (χ1n) is 8.22. The third-order valence-corrected chi connectivity index (χ3v) is 3.95. The van der Waals surface area contributed by atoms with Gasteiger partial charge in [-0.25, -0.2) is 4.85 Å². The summed E-state index contributed by atoms with van der Waals surface area (Å²) in [6.07, 6.45) is 3.73. The van der Waals surface area contributed by atoms with E-state index in [0.29, 0.717) is 11.3 Å². The third kappa shape index (κ3) is 4.15. The summed E-state index contributed by atoms with van der Waals surface area (Å²) in [4.78, 5) is 3.65. The average molecular weight is 332 g/mol. The van der Waals surface area contributed by atoms with E-state index in [-0.39, 0.29) is 0 Å². The van der Waals surface area contributed by atoms with Gasteiger partial charge in [-0.05, 0) is 34.4 Å². The van der Waals surface area contributed by atoms with Gasteiger partial charge in [0.15, 0.2) is 5.70 Å². The first-order chi connectivity index (χ1) is 12.8. The van der Waals surface area contributed by atoms with Gasteiger partial charge >= 0.3 is 0 Å². The lowest BCUT2D eigenvalue weighted by atomic mass is 10.0. The Kier molecular flexibility index (Phi) is 5.41. The summed E-state index contributed by atoms with van der Waals surface area (Å²) in [7, 11) is 0. The molecule has 2 nitrogen and oxygen atoms in total. The van der Waals surface area contributed by atoms with E-state index < -0.39 is 0 Å². The van der Waals surface area contributed by atoms with Crippen LogP contribution in [0.3, 0.4) is 0 Å². The minimum atomic E-state index is 0.577. The Hall–Kier alpha value is -3.88. The number of hydrogen-bond acceptors (Lipinski definition) is 1. The van der Waals surface area contributed by atoms with Crippen molar-refractivity contribution in [2.75, 3.05) is 0 Å². The molecule has 0 unspecified atom stereocenters. The van der Waals surface area contributed by atoms with Gasteiger partial charge in [0.05, 0.1) is 18.2 Å². The van der Waals surface area contributed by atoms with Crippen molar-refractivity contribution in [1.29, 1.82) is 5.26 Å². The van der Waals surface area contributed by atoms with Crippen LogP contribution in [0.4, 0.5) is 0 Å². The molecule has 26 heavy (non-hydrogen) atoms. The number of nitrogens with zero attached hydrogens (tertiary/aromatic N) is 2. The first kappa shape index (κ1) is 17.0. The van der Waals surface area contributed by atoms with Crippen LogP contribution in [0.25, 0.3) is 28.3 Å². The lowest BCUT2D eigenvalue weighted by Gasteiger charge is -2.04. The average Bonchev–Trinajstić information content (AvgIpc) is 2.72. The van der Waals surface area contributed by atoms with Crippen molar-refractivity contribution in [2.24, 2.45) is 0 Å². The molecule has 0 aliphatic carbocycles. The van der Waals surface area contributed by atoms with Gasteiger partial charge in [-0.2, -0.15) is 5.26 Å². The molecule has 0 saturated carbocycles. The van der Waals surface area contributed by atoms with Crippen molar-refractivity contribution in [3.8, 4) is 6.07 Å². The number of benzene rings is 3. The van der Waals surface area contributed by atoms with Crippen LogP contribution in [0.2, 0.25) is 0 Å². The highest BCUT2D eigenvalue weighted by Crippen LogP contribution is 2.23. The second-order valence-electron chi connectivity index (χ2n) is 5.71. The summed E-state index contributed by atoms with van der Waals surface area (Å²) in [6, 6.07) is 29.4. The molecule has 0 fully saturated rings. The fraction of sp³-hybridized carbons (Fsp3) is 0. The molecule has 122 valence electrons. The quantitative estimate of drug-likeness (QED) is 0.319. The topological polar surface area (TPSA) is 28.1 Å². The summed E-state index contributed by atoms with van der Waals surface area (Å²) in [5.41, 5.74) is 4.82. The minimum absolute atomic E-state index is 0.577. The van der Waals surface area contributed by atoms with E-state index in [1.165, 1.54) is 0 Å². The van der Waals surface area contributed by atoms with Gasteiger partial charge in [0.25, 0.3) is 0 Å². The van der Waals surface area contributed by atoms with Crippen molar-refractivity contribution in [1.82, 2.24) is 0 Å². The maximum absolute atomic E-state index is 9.48. The SMILES string of the molecule is [C-]#[N+]C(=Cc1ccccc1)c1ccc(C(C#N)=Cc2ccccc2)cc1. The van der Waals surface area contributed by atoms with Crippen LogP contribution in [-0.2, 0) is 0 Å². The molecule has 3 rings (SSSR count). The Balaban J connectivity index is 1.90. The lowest BCUT2D eigenvalue weighted by molar-refractivity contribution is 1.51.